The Morgan fingerprint density at radius 2 is 1.96 bits per heavy atom. The van der Waals surface area contributed by atoms with Gasteiger partial charge in [0.2, 0.25) is 5.91 Å². The highest BCUT2D eigenvalue weighted by atomic mass is 32.1. The molecular formula is C20H23NO3S. The Morgan fingerprint density at radius 1 is 1.20 bits per heavy atom. The summed E-state index contributed by atoms with van der Waals surface area (Å²) in [6.45, 7) is 0.764. The van der Waals surface area contributed by atoms with Crippen LogP contribution in [0, 0.1) is 5.92 Å². The number of carbonyl (C=O) groups excluding carboxylic acids is 1. The second-order valence-electron chi connectivity index (χ2n) is 6.73. The largest absolute Gasteiger partial charge is 0.493 e. The Kier molecular flexibility index (Phi) is 4.42. The molecule has 1 fully saturated rings. The van der Waals surface area contributed by atoms with E-state index in [2.05, 4.69) is 34.5 Å². The third-order valence-corrected chi connectivity index (χ3v) is 6.35. The molecule has 25 heavy (non-hydrogen) atoms. The van der Waals surface area contributed by atoms with Gasteiger partial charge in [-0.25, -0.2) is 0 Å². The van der Waals surface area contributed by atoms with Crippen LogP contribution in [0.1, 0.15) is 41.3 Å². The lowest BCUT2D eigenvalue weighted by Crippen LogP contribution is -2.45. The molecule has 0 N–H and O–H groups in total. The summed E-state index contributed by atoms with van der Waals surface area (Å²) in [6.07, 6.45) is 4.10. The normalized spacial score (nSPS) is 19.9. The number of amides is 1. The molecule has 2 aliphatic rings. The van der Waals surface area contributed by atoms with E-state index in [1.807, 2.05) is 0 Å². The van der Waals surface area contributed by atoms with Crippen LogP contribution >= 0.6 is 11.3 Å². The molecule has 2 heterocycles. The van der Waals surface area contributed by atoms with Crippen molar-refractivity contribution in [3.63, 3.8) is 0 Å². The Morgan fingerprint density at radius 3 is 2.56 bits per heavy atom. The first kappa shape index (κ1) is 16.5. The minimum Gasteiger partial charge on any atom is -0.493 e. The number of hydrogen-bond donors (Lipinski definition) is 0. The molecule has 1 aliphatic carbocycles. The van der Waals surface area contributed by atoms with Crippen molar-refractivity contribution >= 4 is 17.2 Å². The highest BCUT2D eigenvalue weighted by molar-refractivity contribution is 7.10. The summed E-state index contributed by atoms with van der Waals surface area (Å²) < 4.78 is 11.0. The van der Waals surface area contributed by atoms with Gasteiger partial charge in [0, 0.05) is 17.3 Å². The molecular weight excluding hydrogens is 334 g/mol. The summed E-state index contributed by atoms with van der Waals surface area (Å²) in [4.78, 5) is 16.3. The average molecular weight is 357 g/mol. The summed E-state index contributed by atoms with van der Waals surface area (Å²) >= 11 is 1.71. The fraction of sp³-hybridized carbons (Fsp3) is 0.450. The molecule has 2 aromatic rings. The van der Waals surface area contributed by atoms with Gasteiger partial charge in [0.25, 0.3) is 0 Å². The average Bonchev–Trinajstić information content (AvgIpc) is 3.11. The molecule has 0 radical (unpaired) electrons. The lowest BCUT2D eigenvalue weighted by Gasteiger charge is -2.40. The van der Waals surface area contributed by atoms with E-state index in [0.717, 1.165) is 37.3 Å². The zero-order chi connectivity index (χ0) is 17.4. The van der Waals surface area contributed by atoms with Gasteiger partial charge in [0.05, 0.1) is 20.3 Å². The first-order valence-corrected chi connectivity index (χ1v) is 9.69. The predicted molar refractivity (Wildman–Crippen MR) is 98.5 cm³/mol. The summed E-state index contributed by atoms with van der Waals surface area (Å²) in [5.41, 5.74) is 2.41. The van der Waals surface area contributed by atoms with E-state index in [4.69, 9.17) is 9.47 Å². The van der Waals surface area contributed by atoms with Crippen molar-refractivity contribution in [3.05, 3.63) is 45.6 Å². The maximum Gasteiger partial charge on any atom is 0.226 e. The third kappa shape index (κ3) is 2.80. The molecule has 0 spiro atoms. The summed E-state index contributed by atoms with van der Waals surface area (Å²) in [5, 5.41) is 2.08. The van der Waals surface area contributed by atoms with Crippen LogP contribution in [-0.2, 0) is 11.2 Å². The standard InChI is InChI=1S/C20H23NO3S/c1-23-16-11-14-8-9-21(20(22)13-5-3-6-13)19(18-7-4-10-25-18)15(14)12-17(16)24-2/h4,7,10-13,19H,3,5-6,8-9H2,1-2H3. The first-order valence-electron chi connectivity index (χ1n) is 8.81. The van der Waals surface area contributed by atoms with Gasteiger partial charge < -0.3 is 14.4 Å². The molecule has 4 rings (SSSR count). The zero-order valence-electron chi connectivity index (χ0n) is 14.7. The van der Waals surface area contributed by atoms with E-state index in [1.165, 1.54) is 22.4 Å². The second-order valence-corrected chi connectivity index (χ2v) is 7.71. The number of ether oxygens (including phenoxy) is 2. The number of rotatable bonds is 4. The predicted octanol–water partition coefficient (Wildman–Crippen LogP) is 4.04. The SMILES string of the molecule is COc1cc2c(cc1OC)C(c1cccs1)N(C(=O)C1CCC1)CC2. The fourth-order valence-electron chi connectivity index (χ4n) is 3.83. The summed E-state index contributed by atoms with van der Waals surface area (Å²) in [6, 6.07) is 8.29. The number of thiophene rings is 1. The number of hydrogen-bond acceptors (Lipinski definition) is 4. The Labute approximate surface area is 152 Å². The molecule has 1 aliphatic heterocycles. The quantitative estimate of drug-likeness (QED) is 0.829. The Hall–Kier alpha value is -2.01. The molecule has 1 amide bonds. The van der Waals surface area contributed by atoms with Gasteiger partial charge in [-0.15, -0.1) is 11.3 Å². The monoisotopic (exact) mass is 357 g/mol. The minimum atomic E-state index is -0.0170. The molecule has 132 valence electrons. The molecule has 0 saturated heterocycles. The molecule has 1 atom stereocenters. The van der Waals surface area contributed by atoms with Crippen molar-refractivity contribution in [1.29, 1.82) is 0 Å². The fourth-order valence-corrected chi connectivity index (χ4v) is 4.68. The smallest absolute Gasteiger partial charge is 0.226 e. The van der Waals surface area contributed by atoms with Crippen molar-refractivity contribution in [2.75, 3.05) is 20.8 Å². The van der Waals surface area contributed by atoms with Crippen LogP contribution in [0.15, 0.2) is 29.6 Å². The van der Waals surface area contributed by atoms with E-state index >= 15 is 0 Å². The van der Waals surface area contributed by atoms with Crippen molar-refractivity contribution in [3.8, 4) is 11.5 Å². The van der Waals surface area contributed by atoms with E-state index in [9.17, 15) is 4.79 Å². The van der Waals surface area contributed by atoms with Gasteiger partial charge in [0.1, 0.15) is 0 Å². The van der Waals surface area contributed by atoms with Crippen LogP contribution in [0.5, 0.6) is 11.5 Å². The van der Waals surface area contributed by atoms with Crippen molar-refractivity contribution in [2.45, 2.75) is 31.7 Å². The van der Waals surface area contributed by atoms with Crippen LogP contribution in [-0.4, -0.2) is 31.6 Å². The van der Waals surface area contributed by atoms with Gasteiger partial charge in [-0.3, -0.25) is 4.79 Å². The number of nitrogens with zero attached hydrogens (tertiary/aromatic N) is 1. The van der Waals surface area contributed by atoms with Crippen molar-refractivity contribution in [1.82, 2.24) is 4.90 Å². The molecule has 1 aromatic carbocycles. The van der Waals surface area contributed by atoms with Gasteiger partial charge >= 0.3 is 0 Å². The van der Waals surface area contributed by atoms with E-state index < -0.39 is 0 Å². The third-order valence-electron chi connectivity index (χ3n) is 5.42. The minimum absolute atomic E-state index is 0.0170. The Balaban J connectivity index is 1.79. The molecule has 1 saturated carbocycles. The van der Waals surface area contributed by atoms with Crippen LogP contribution in [0.2, 0.25) is 0 Å². The number of carbonyl (C=O) groups is 1. The van der Waals surface area contributed by atoms with E-state index in [1.54, 1.807) is 25.6 Å². The van der Waals surface area contributed by atoms with Gasteiger partial charge in [-0.1, -0.05) is 12.5 Å². The zero-order valence-corrected chi connectivity index (χ0v) is 15.5. The first-order chi connectivity index (χ1) is 12.2. The van der Waals surface area contributed by atoms with Gasteiger partial charge in [-0.2, -0.15) is 0 Å². The Bertz CT molecular complexity index is 767. The molecule has 4 nitrogen and oxygen atoms in total. The van der Waals surface area contributed by atoms with Crippen molar-refractivity contribution < 1.29 is 14.3 Å². The van der Waals surface area contributed by atoms with Crippen LogP contribution in [0.25, 0.3) is 0 Å². The van der Waals surface area contributed by atoms with Gasteiger partial charge in [0.15, 0.2) is 11.5 Å². The highest BCUT2D eigenvalue weighted by Gasteiger charge is 2.38. The maximum atomic E-state index is 13.0. The molecule has 1 aromatic heterocycles. The summed E-state index contributed by atoms with van der Waals surface area (Å²) in [5.74, 6) is 2.00. The lowest BCUT2D eigenvalue weighted by molar-refractivity contribution is -0.140. The summed E-state index contributed by atoms with van der Waals surface area (Å²) in [7, 11) is 3.32. The lowest BCUT2D eigenvalue weighted by atomic mass is 9.82. The number of methoxy groups -OCH3 is 2. The van der Waals surface area contributed by atoms with Crippen molar-refractivity contribution in [2.24, 2.45) is 5.92 Å². The molecule has 1 unspecified atom stereocenters. The van der Waals surface area contributed by atoms with Crippen LogP contribution < -0.4 is 9.47 Å². The van der Waals surface area contributed by atoms with Crippen LogP contribution in [0.3, 0.4) is 0 Å². The maximum absolute atomic E-state index is 13.0. The van der Waals surface area contributed by atoms with Gasteiger partial charge in [-0.05, 0) is 54.0 Å². The van der Waals surface area contributed by atoms with Crippen LogP contribution in [0.4, 0.5) is 0 Å². The van der Waals surface area contributed by atoms with E-state index in [0.29, 0.717) is 5.91 Å². The second kappa shape index (κ2) is 6.71. The highest BCUT2D eigenvalue weighted by Crippen LogP contribution is 2.43. The molecule has 0 bridgehead atoms. The van der Waals surface area contributed by atoms with E-state index in [-0.39, 0.29) is 12.0 Å². The topological polar surface area (TPSA) is 38.8 Å². The number of benzene rings is 1. The number of fused-ring (bicyclic) bond motifs is 1. The molecule has 5 heteroatoms.